The minimum absolute atomic E-state index is 0.0618. The normalized spacial score (nSPS) is 21.4. The van der Waals surface area contributed by atoms with E-state index in [0.717, 1.165) is 12.0 Å². The van der Waals surface area contributed by atoms with Crippen LogP contribution in [0.15, 0.2) is 24.3 Å². The molecule has 1 atom stereocenters. The van der Waals surface area contributed by atoms with Crippen LogP contribution < -0.4 is 0 Å². The summed E-state index contributed by atoms with van der Waals surface area (Å²) in [7, 11) is 0. The maximum atomic E-state index is 12.7. The van der Waals surface area contributed by atoms with Gasteiger partial charge in [0.05, 0.1) is 12.0 Å². The van der Waals surface area contributed by atoms with E-state index in [9.17, 15) is 22.8 Å². The number of ether oxygens (including phenoxy) is 1. The molecule has 1 unspecified atom stereocenters. The van der Waals surface area contributed by atoms with Gasteiger partial charge in [-0.05, 0) is 30.4 Å². The van der Waals surface area contributed by atoms with E-state index >= 15 is 0 Å². The molecule has 0 N–H and O–H groups in total. The Bertz CT molecular complexity index is 698. The predicted octanol–water partition coefficient (Wildman–Crippen LogP) is 3.12. The van der Waals surface area contributed by atoms with E-state index in [1.165, 1.54) is 5.56 Å². The molecule has 0 aliphatic carbocycles. The third-order valence-electron chi connectivity index (χ3n) is 5.42. The summed E-state index contributed by atoms with van der Waals surface area (Å²) in [5.74, 6) is -0.640. The summed E-state index contributed by atoms with van der Waals surface area (Å²) in [5.41, 5.74) is 2.24. The van der Waals surface area contributed by atoms with Crippen LogP contribution in [0, 0.1) is 5.92 Å². The van der Waals surface area contributed by atoms with E-state index in [4.69, 9.17) is 0 Å². The van der Waals surface area contributed by atoms with E-state index in [2.05, 4.69) is 11.7 Å². The molecule has 2 saturated heterocycles. The second-order valence-corrected chi connectivity index (χ2v) is 7.43. The second kappa shape index (κ2) is 8.51. The molecule has 2 amide bonds. The maximum absolute atomic E-state index is 12.7. The van der Waals surface area contributed by atoms with Crippen LogP contribution in [0.5, 0.6) is 0 Å². The molecule has 2 heterocycles. The molecule has 28 heavy (non-hydrogen) atoms. The summed E-state index contributed by atoms with van der Waals surface area (Å²) in [4.78, 5) is 28.3. The van der Waals surface area contributed by atoms with Crippen molar-refractivity contribution in [2.75, 3.05) is 19.6 Å². The fourth-order valence-electron chi connectivity index (χ4n) is 3.83. The summed E-state index contributed by atoms with van der Waals surface area (Å²) < 4.78 is 41.0. The van der Waals surface area contributed by atoms with Crippen LogP contribution >= 0.6 is 0 Å². The van der Waals surface area contributed by atoms with Crippen LogP contribution in [-0.4, -0.2) is 53.7 Å². The maximum Gasteiger partial charge on any atom is 0.522 e. The molecule has 154 valence electrons. The molecule has 1 aromatic rings. The Hall–Kier alpha value is -2.09. The zero-order chi connectivity index (χ0) is 20.3. The van der Waals surface area contributed by atoms with Gasteiger partial charge in [0.1, 0.15) is 0 Å². The summed E-state index contributed by atoms with van der Waals surface area (Å²) in [5, 5.41) is 0. The monoisotopic (exact) mass is 398 g/mol. The van der Waals surface area contributed by atoms with Gasteiger partial charge in [0.2, 0.25) is 11.8 Å². The predicted molar refractivity (Wildman–Crippen MR) is 96.1 cm³/mol. The fraction of sp³-hybridized carbons (Fsp3) is 0.600. The van der Waals surface area contributed by atoms with Gasteiger partial charge in [0.25, 0.3) is 0 Å². The number of hydrogen-bond donors (Lipinski definition) is 0. The SMILES string of the molecule is CCc1ccc(CN2CC(C(=O)N3CCC(OC(F)(F)F)CC3)CC2=O)cc1. The van der Waals surface area contributed by atoms with E-state index in [-0.39, 0.29) is 44.2 Å². The minimum atomic E-state index is -4.65. The van der Waals surface area contributed by atoms with Gasteiger partial charge in [-0.25, -0.2) is 0 Å². The van der Waals surface area contributed by atoms with Gasteiger partial charge in [-0.15, -0.1) is 13.2 Å². The van der Waals surface area contributed by atoms with Gasteiger partial charge >= 0.3 is 6.36 Å². The Kier molecular flexibility index (Phi) is 6.27. The van der Waals surface area contributed by atoms with Gasteiger partial charge < -0.3 is 9.80 Å². The average molecular weight is 398 g/mol. The minimum Gasteiger partial charge on any atom is -0.342 e. The summed E-state index contributed by atoms with van der Waals surface area (Å²) in [6.45, 7) is 3.35. The number of nitrogens with zero attached hydrogens (tertiary/aromatic N) is 2. The Morgan fingerprint density at radius 1 is 1.14 bits per heavy atom. The molecule has 2 fully saturated rings. The van der Waals surface area contributed by atoms with Crippen LogP contribution in [0.25, 0.3) is 0 Å². The molecule has 0 bridgehead atoms. The van der Waals surface area contributed by atoms with E-state index in [1.807, 2.05) is 24.3 Å². The standard InChI is InChI=1S/C20H25F3N2O3/c1-2-14-3-5-15(6-4-14)12-25-13-16(11-18(25)26)19(27)24-9-7-17(8-10-24)28-20(21,22)23/h3-6,16-17H,2,7-13H2,1H3. The van der Waals surface area contributed by atoms with E-state index < -0.39 is 18.4 Å². The Labute approximate surface area is 162 Å². The van der Waals surface area contributed by atoms with Crippen LogP contribution in [0.1, 0.15) is 37.3 Å². The molecule has 8 heteroatoms. The fourth-order valence-corrected chi connectivity index (χ4v) is 3.83. The molecular weight excluding hydrogens is 373 g/mol. The number of amides is 2. The first-order valence-electron chi connectivity index (χ1n) is 9.64. The number of halogens is 3. The van der Waals surface area contributed by atoms with Crippen molar-refractivity contribution in [3.05, 3.63) is 35.4 Å². The van der Waals surface area contributed by atoms with Crippen molar-refractivity contribution in [2.24, 2.45) is 5.92 Å². The van der Waals surface area contributed by atoms with Gasteiger partial charge in [0, 0.05) is 32.6 Å². The van der Waals surface area contributed by atoms with Crippen LogP contribution in [-0.2, 0) is 27.3 Å². The lowest BCUT2D eigenvalue weighted by molar-refractivity contribution is -0.345. The van der Waals surface area contributed by atoms with Crippen molar-refractivity contribution < 1.29 is 27.5 Å². The molecule has 0 aromatic heterocycles. The number of alkyl halides is 3. The third-order valence-corrected chi connectivity index (χ3v) is 5.42. The number of likely N-dealkylation sites (tertiary alicyclic amines) is 2. The van der Waals surface area contributed by atoms with Crippen molar-refractivity contribution in [3.63, 3.8) is 0 Å². The van der Waals surface area contributed by atoms with Crippen LogP contribution in [0.2, 0.25) is 0 Å². The summed E-state index contributed by atoms with van der Waals surface area (Å²) in [6, 6.07) is 8.05. The Morgan fingerprint density at radius 3 is 2.32 bits per heavy atom. The highest BCUT2D eigenvalue weighted by Gasteiger charge is 2.39. The molecule has 0 radical (unpaired) electrons. The number of carbonyl (C=O) groups is 2. The van der Waals surface area contributed by atoms with Crippen molar-refractivity contribution >= 4 is 11.8 Å². The second-order valence-electron chi connectivity index (χ2n) is 7.43. The number of carbonyl (C=O) groups excluding carboxylic acids is 2. The lowest BCUT2D eigenvalue weighted by atomic mass is 10.0. The van der Waals surface area contributed by atoms with Gasteiger partial charge in [-0.3, -0.25) is 14.3 Å². The van der Waals surface area contributed by atoms with Crippen molar-refractivity contribution in [1.29, 1.82) is 0 Å². The first kappa shape index (κ1) is 20.6. The third kappa shape index (κ3) is 5.25. The highest BCUT2D eigenvalue weighted by atomic mass is 19.4. The lowest BCUT2D eigenvalue weighted by Crippen LogP contribution is -2.45. The Balaban J connectivity index is 1.51. The number of aryl methyl sites for hydroxylation is 1. The smallest absolute Gasteiger partial charge is 0.342 e. The zero-order valence-corrected chi connectivity index (χ0v) is 15.9. The zero-order valence-electron chi connectivity index (χ0n) is 15.9. The lowest BCUT2D eigenvalue weighted by Gasteiger charge is -2.33. The van der Waals surface area contributed by atoms with Crippen molar-refractivity contribution in [1.82, 2.24) is 9.80 Å². The highest BCUT2D eigenvalue weighted by Crippen LogP contribution is 2.27. The van der Waals surface area contributed by atoms with E-state index in [0.29, 0.717) is 13.1 Å². The molecule has 3 rings (SSSR count). The average Bonchev–Trinajstić information content (AvgIpc) is 3.01. The summed E-state index contributed by atoms with van der Waals surface area (Å²) >= 11 is 0. The van der Waals surface area contributed by atoms with Gasteiger partial charge in [-0.1, -0.05) is 31.2 Å². The van der Waals surface area contributed by atoms with Crippen molar-refractivity contribution in [2.45, 2.75) is 51.6 Å². The first-order valence-corrected chi connectivity index (χ1v) is 9.64. The highest BCUT2D eigenvalue weighted by molar-refractivity contribution is 5.89. The molecular formula is C20H25F3N2O3. The molecule has 0 saturated carbocycles. The molecule has 5 nitrogen and oxygen atoms in total. The summed E-state index contributed by atoms with van der Waals surface area (Å²) in [6.07, 6.45) is -4.14. The molecule has 0 spiro atoms. The number of hydrogen-bond acceptors (Lipinski definition) is 3. The first-order chi connectivity index (χ1) is 13.2. The quantitative estimate of drug-likeness (QED) is 0.766. The number of benzene rings is 1. The molecule has 1 aromatic carbocycles. The van der Waals surface area contributed by atoms with Crippen LogP contribution in [0.4, 0.5) is 13.2 Å². The molecule has 2 aliphatic rings. The largest absolute Gasteiger partial charge is 0.522 e. The number of piperidine rings is 1. The van der Waals surface area contributed by atoms with Crippen LogP contribution in [0.3, 0.4) is 0 Å². The van der Waals surface area contributed by atoms with Crippen molar-refractivity contribution in [3.8, 4) is 0 Å². The number of rotatable bonds is 5. The Morgan fingerprint density at radius 2 is 1.75 bits per heavy atom. The topological polar surface area (TPSA) is 49.9 Å². The van der Waals surface area contributed by atoms with Gasteiger partial charge in [-0.2, -0.15) is 0 Å². The van der Waals surface area contributed by atoms with E-state index in [1.54, 1.807) is 9.80 Å². The molecule has 2 aliphatic heterocycles. The van der Waals surface area contributed by atoms with Gasteiger partial charge in [0.15, 0.2) is 0 Å².